The molecule has 4 nitrogen and oxygen atoms in total. The quantitative estimate of drug-likeness (QED) is 0.404. The Morgan fingerprint density at radius 2 is 2.60 bits per heavy atom. The van der Waals surface area contributed by atoms with Gasteiger partial charge in [-0.05, 0) is 0 Å². The number of hydrogen-bond acceptors (Lipinski definition) is 4. The highest BCUT2D eigenvalue weighted by Crippen LogP contribution is 2.16. The number of rotatable bonds is 3. The maximum Gasteiger partial charge on any atom is 0.377 e. The molecule has 1 atom stereocenters. The highest BCUT2D eigenvalue weighted by molar-refractivity contribution is 5.88. The average molecular weight is 142 g/mol. The van der Waals surface area contributed by atoms with Crippen LogP contribution in [0.2, 0.25) is 0 Å². The Bertz CT molecular complexity index is 192. The lowest BCUT2D eigenvalue weighted by molar-refractivity contribution is -0.140. The van der Waals surface area contributed by atoms with Crippen molar-refractivity contribution in [3.8, 4) is 0 Å². The van der Waals surface area contributed by atoms with Crippen molar-refractivity contribution >= 4 is 5.97 Å². The molecule has 0 aromatic heterocycles. The van der Waals surface area contributed by atoms with Gasteiger partial charge in [-0.25, -0.2) is 4.79 Å². The molecule has 10 heavy (non-hydrogen) atoms. The van der Waals surface area contributed by atoms with E-state index in [1.807, 2.05) is 0 Å². The molecule has 2 aliphatic heterocycles. The summed E-state index contributed by atoms with van der Waals surface area (Å²) in [7, 11) is 0. The molecule has 2 heterocycles. The van der Waals surface area contributed by atoms with Crippen LogP contribution >= 0.6 is 0 Å². The molecule has 4 heteroatoms. The largest absolute Gasteiger partial charge is 0.457 e. The smallest absolute Gasteiger partial charge is 0.377 e. The summed E-state index contributed by atoms with van der Waals surface area (Å²) in [6.45, 7) is 1.05. The third-order valence-corrected chi connectivity index (χ3v) is 1.24. The molecule has 0 aromatic carbocycles. The summed E-state index contributed by atoms with van der Waals surface area (Å²) < 4.78 is 14.1. The number of ether oxygens (including phenoxy) is 3. The lowest BCUT2D eigenvalue weighted by Gasteiger charge is -1.95. The normalized spacial score (nSPS) is 26.4. The molecule has 1 fully saturated rings. The van der Waals surface area contributed by atoms with Gasteiger partial charge in [0.15, 0.2) is 0 Å². The van der Waals surface area contributed by atoms with E-state index in [2.05, 4.69) is 4.74 Å². The predicted molar refractivity (Wildman–Crippen MR) is 29.9 cm³/mol. The minimum Gasteiger partial charge on any atom is -0.457 e. The van der Waals surface area contributed by atoms with Crippen LogP contribution in [0.1, 0.15) is 0 Å². The molecule has 0 bridgehead atoms. The number of hydrogen-bond donors (Lipinski definition) is 0. The van der Waals surface area contributed by atoms with Crippen LogP contribution in [0.3, 0.4) is 0 Å². The summed E-state index contributed by atoms with van der Waals surface area (Å²) in [5.74, 6) is -0.0869. The highest BCUT2D eigenvalue weighted by atomic mass is 16.6. The van der Waals surface area contributed by atoms with Gasteiger partial charge in [0, 0.05) is 0 Å². The van der Waals surface area contributed by atoms with E-state index >= 15 is 0 Å². The van der Waals surface area contributed by atoms with Crippen molar-refractivity contribution in [2.24, 2.45) is 0 Å². The van der Waals surface area contributed by atoms with Gasteiger partial charge in [0.2, 0.25) is 5.76 Å². The van der Waals surface area contributed by atoms with Crippen LogP contribution in [0.15, 0.2) is 12.0 Å². The molecule has 0 radical (unpaired) electrons. The fourth-order valence-electron chi connectivity index (χ4n) is 0.530. The number of esters is 1. The maximum absolute atomic E-state index is 10.7. The number of epoxide rings is 1. The van der Waals surface area contributed by atoms with Crippen molar-refractivity contribution in [3.63, 3.8) is 0 Å². The maximum atomic E-state index is 10.7. The summed E-state index contributed by atoms with van der Waals surface area (Å²) in [6, 6.07) is 0. The zero-order valence-corrected chi connectivity index (χ0v) is 5.20. The van der Waals surface area contributed by atoms with Crippen molar-refractivity contribution in [3.05, 3.63) is 12.0 Å². The Balaban J connectivity index is 1.68. The zero-order chi connectivity index (χ0) is 6.97. The second-order valence-electron chi connectivity index (χ2n) is 2.15. The lowest BCUT2D eigenvalue weighted by Crippen LogP contribution is -2.08. The topological polar surface area (TPSA) is 51.4 Å². The number of carbonyl (C=O) groups excluding carboxylic acids is 1. The van der Waals surface area contributed by atoms with Crippen molar-refractivity contribution in [1.29, 1.82) is 0 Å². The molecule has 54 valence electrons. The first-order valence-corrected chi connectivity index (χ1v) is 3.02. The fraction of sp³-hybridized carbons (Fsp3) is 0.500. The molecule has 0 N–H and O–H groups in total. The second kappa shape index (κ2) is 1.98. The van der Waals surface area contributed by atoms with Gasteiger partial charge in [0.25, 0.3) is 0 Å². The zero-order valence-electron chi connectivity index (χ0n) is 5.20. The number of carbonyl (C=O) groups is 1. The first kappa shape index (κ1) is 5.73. The van der Waals surface area contributed by atoms with E-state index in [-0.39, 0.29) is 6.10 Å². The van der Waals surface area contributed by atoms with Gasteiger partial charge >= 0.3 is 5.97 Å². The van der Waals surface area contributed by atoms with E-state index in [9.17, 15) is 4.79 Å². The minimum atomic E-state index is -0.393. The minimum absolute atomic E-state index is 0.128. The SMILES string of the molecule is O=C(OCC1CO1)C1=CO1. The van der Waals surface area contributed by atoms with E-state index in [0.717, 1.165) is 0 Å². The van der Waals surface area contributed by atoms with E-state index in [0.29, 0.717) is 19.0 Å². The van der Waals surface area contributed by atoms with Gasteiger partial charge in [-0.3, -0.25) is 0 Å². The summed E-state index contributed by atoms with van der Waals surface area (Å²) in [5.41, 5.74) is 0. The van der Waals surface area contributed by atoms with Gasteiger partial charge < -0.3 is 14.2 Å². The van der Waals surface area contributed by atoms with Gasteiger partial charge in [0.05, 0.1) is 6.61 Å². The summed E-state index contributed by atoms with van der Waals surface area (Å²) in [4.78, 5) is 10.7. The van der Waals surface area contributed by atoms with Crippen LogP contribution in [-0.2, 0) is 19.0 Å². The van der Waals surface area contributed by atoms with Crippen LogP contribution in [0.25, 0.3) is 0 Å². The van der Waals surface area contributed by atoms with Crippen LogP contribution in [0.5, 0.6) is 0 Å². The highest BCUT2D eigenvalue weighted by Gasteiger charge is 2.28. The van der Waals surface area contributed by atoms with Crippen molar-refractivity contribution < 1.29 is 19.0 Å². The first-order chi connectivity index (χ1) is 4.86. The third-order valence-electron chi connectivity index (χ3n) is 1.24. The van der Waals surface area contributed by atoms with Crippen molar-refractivity contribution in [2.75, 3.05) is 13.2 Å². The Labute approximate surface area is 57.4 Å². The predicted octanol–water partition coefficient (Wildman–Crippen LogP) is -0.200. The molecule has 0 aromatic rings. The van der Waals surface area contributed by atoms with E-state index in [4.69, 9.17) is 9.47 Å². The van der Waals surface area contributed by atoms with Gasteiger partial charge in [-0.2, -0.15) is 0 Å². The van der Waals surface area contributed by atoms with Crippen LogP contribution in [-0.4, -0.2) is 25.3 Å². The van der Waals surface area contributed by atoms with Gasteiger partial charge in [-0.15, -0.1) is 0 Å². The van der Waals surface area contributed by atoms with Crippen molar-refractivity contribution in [2.45, 2.75) is 6.10 Å². The third kappa shape index (κ3) is 1.27. The van der Waals surface area contributed by atoms with E-state index < -0.39 is 5.97 Å². The first-order valence-electron chi connectivity index (χ1n) is 3.02. The Hall–Kier alpha value is -1.03. The molecule has 0 amide bonds. The summed E-state index contributed by atoms with van der Waals surface area (Å²) >= 11 is 0. The average Bonchev–Trinajstić information content (AvgIpc) is 2.76. The Kier molecular flexibility index (Phi) is 1.14. The Morgan fingerprint density at radius 1 is 1.90 bits per heavy atom. The monoisotopic (exact) mass is 142 g/mol. The second-order valence-corrected chi connectivity index (χ2v) is 2.15. The molecule has 0 spiro atoms. The fourth-order valence-corrected chi connectivity index (χ4v) is 0.530. The molecule has 2 aliphatic rings. The van der Waals surface area contributed by atoms with Crippen LogP contribution in [0.4, 0.5) is 0 Å². The lowest BCUT2D eigenvalue weighted by atomic mass is 10.5. The molecule has 2 rings (SSSR count). The molecule has 0 aliphatic carbocycles. The summed E-state index contributed by atoms with van der Waals surface area (Å²) in [5, 5.41) is 0. The molecular weight excluding hydrogens is 136 g/mol. The Morgan fingerprint density at radius 3 is 3.10 bits per heavy atom. The van der Waals surface area contributed by atoms with E-state index in [1.54, 1.807) is 0 Å². The molecule has 1 unspecified atom stereocenters. The van der Waals surface area contributed by atoms with Gasteiger partial charge in [-0.1, -0.05) is 0 Å². The molecule has 1 saturated heterocycles. The van der Waals surface area contributed by atoms with E-state index in [1.165, 1.54) is 6.26 Å². The van der Waals surface area contributed by atoms with Crippen molar-refractivity contribution in [1.82, 2.24) is 0 Å². The van der Waals surface area contributed by atoms with Gasteiger partial charge in [0.1, 0.15) is 19.0 Å². The van der Waals surface area contributed by atoms with Crippen LogP contribution < -0.4 is 0 Å². The van der Waals surface area contributed by atoms with Crippen LogP contribution in [0, 0.1) is 0 Å². The molecule has 0 saturated carbocycles. The standard InChI is InChI=1S/C6H6O4/c7-6(5-3-9-5)10-2-4-1-8-4/h3-4H,1-2H2. The molecular formula is C6H6O4. The summed E-state index contributed by atoms with van der Waals surface area (Å²) in [6.07, 6.45) is 1.49.